The van der Waals surface area contributed by atoms with Gasteiger partial charge in [0.2, 0.25) is 17.5 Å². The number of benzene rings is 2. The normalized spacial score (nSPS) is 19.3. The van der Waals surface area contributed by atoms with Crippen molar-refractivity contribution >= 4 is 123 Å². The van der Waals surface area contributed by atoms with Crippen molar-refractivity contribution < 1.29 is 112 Å². The van der Waals surface area contributed by atoms with E-state index in [0.717, 1.165) is 55.6 Å². The molecular formula is C71H103N7O23P3S5+. The number of phosphoric acid groups is 3. The van der Waals surface area contributed by atoms with Gasteiger partial charge >= 0.3 is 29.6 Å². The number of allylic oxidation sites excluding steroid dienone is 7. The molecule has 3 unspecified atom stereocenters. The van der Waals surface area contributed by atoms with Crippen molar-refractivity contribution in [1.82, 2.24) is 20.5 Å². The second-order valence-corrected chi connectivity index (χ2v) is 39.5. The lowest BCUT2D eigenvalue weighted by molar-refractivity contribution is -0.438. The van der Waals surface area contributed by atoms with Crippen LogP contribution in [0.15, 0.2) is 95.3 Å². The molecular weight excluding hydrogens is 1570 g/mol. The van der Waals surface area contributed by atoms with Crippen LogP contribution in [0.3, 0.4) is 0 Å². The first kappa shape index (κ1) is 91.0. The summed E-state index contributed by atoms with van der Waals surface area (Å²) in [6, 6.07) is 13.3. The first-order valence-electron chi connectivity index (χ1n) is 35.7. The lowest BCUT2D eigenvalue weighted by Crippen LogP contribution is -2.30. The molecule has 1 fully saturated rings. The zero-order valence-electron chi connectivity index (χ0n) is 62.6. The maximum atomic E-state index is 13.3. The molecule has 0 bridgehead atoms. The number of fused-ring (bicyclic) bond motifs is 3. The molecule has 38 heteroatoms. The van der Waals surface area contributed by atoms with Gasteiger partial charge in [-0.25, -0.2) is 18.5 Å². The smallest absolute Gasteiger partial charge is 0.450 e. The fourth-order valence-electron chi connectivity index (χ4n) is 12.7. The zero-order valence-corrected chi connectivity index (χ0v) is 69.4. The summed E-state index contributed by atoms with van der Waals surface area (Å²) in [5.74, 6) is 5.82. The van der Waals surface area contributed by atoms with E-state index in [4.69, 9.17) is 59.7 Å². The summed E-state index contributed by atoms with van der Waals surface area (Å²) in [5, 5.41) is 8.38. The molecule has 4 heterocycles. The predicted molar refractivity (Wildman–Crippen MR) is 422 cm³/mol. The highest BCUT2D eigenvalue weighted by Crippen LogP contribution is 2.66. The van der Waals surface area contributed by atoms with Crippen molar-refractivity contribution in [2.45, 2.75) is 164 Å². The average Bonchev–Trinajstić information content (AvgIpc) is 1.60. The maximum Gasteiger partial charge on any atom is 0.490 e. The lowest BCUT2D eigenvalue weighted by atomic mass is 9.81. The van der Waals surface area contributed by atoms with E-state index in [-0.39, 0.29) is 95.4 Å². The number of anilines is 1. The molecule has 1 aliphatic carbocycles. The van der Waals surface area contributed by atoms with E-state index in [1.54, 1.807) is 56.8 Å². The molecule has 0 saturated carbocycles. The van der Waals surface area contributed by atoms with Crippen LogP contribution in [-0.2, 0) is 106 Å². The number of alkyl carbamates (subject to hydrolysis) is 1. The maximum absolute atomic E-state index is 13.3. The monoisotopic (exact) mass is 1670 g/mol. The van der Waals surface area contributed by atoms with Gasteiger partial charge < -0.3 is 79.1 Å². The number of para-hydroxylation sites is 1. The minimum atomic E-state index is -5.78. The minimum Gasteiger partial charge on any atom is -0.450 e. The number of rotatable bonds is 46. The third-order valence-electron chi connectivity index (χ3n) is 17.9. The van der Waals surface area contributed by atoms with Crippen LogP contribution in [0.25, 0.3) is 6.08 Å². The summed E-state index contributed by atoms with van der Waals surface area (Å²) in [6.07, 6.45) is 18.4. The highest BCUT2D eigenvalue weighted by Gasteiger charge is 2.47. The number of amides is 3. The van der Waals surface area contributed by atoms with E-state index in [1.807, 2.05) is 12.2 Å². The van der Waals surface area contributed by atoms with E-state index < -0.39 is 79.6 Å². The quantitative estimate of drug-likeness (QED) is 0.00371. The third kappa shape index (κ3) is 28.7. The first-order chi connectivity index (χ1) is 51.4. The number of carbonyl (C=O) groups excluding carboxylic acids is 4. The van der Waals surface area contributed by atoms with Gasteiger partial charge in [-0.05, 0) is 120 Å². The topological polar surface area (TPSA) is 411 Å². The molecule has 3 amide bonds. The molecule has 3 aromatic rings. The molecule has 604 valence electrons. The van der Waals surface area contributed by atoms with E-state index >= 15 is 0 Å². The number of Topliss-reactive ketones (excluding diaryl/α,β-unsaturated/α-hetero) is 1. The van der Waals surface area contributed by atoms with Crippen LogP contribution in [0, 0.1) is 11.8 Å². The van der Waals surface area contributed by atoms with E-state index in [0.29, 0.717) is 82.4 Å². The second-order valence-electron chi connectivity index (χ2n) is 27.6. The van der Waals surface area contributed by atoms with Gasteiger partial charge in [-0.15, -0.1) is 0 Å². The Morgan fingerprint density at radius 3 is 2.24 bits per heavy atom. The third-order valence-corrected chi connectivity index (χ3v) is 26.4. The number of carbonyl (C=O) groups is 4. The van der Waals surface area contributed by atoms with Crippen LogP contribution in [0.4, 0.5) is 16.2 Å². The minimum absolute atomic E-state index is 0.00999. The molecule has 0 spiro atoms. The van der Waals surface area contributed by atoms with E-state index in [2.05, 4.69) is 137 Å². The summed E-state index contributed by atoms with van der Waals surface area (Å²) >= 11 is 5.25. The van der Waals surface area contributed by atoms with Gasteiger partial charge in [-0.1, -0.05) is 106 Å². The number of nitrogens with two attached hydrogens (primary N) is 1. The highest BCUT2D eigenvalue weighted by molar-refractivity contribution is 8.77. The Morgan fingerprint density at radius 2 is 1.54 bits per heavy atom. The molecule has 1 saturated heterocycles. The molecule has 109 heavy (non-hydrogen) atoms. The molecule has 6 atom stereocenters. The van der Waals surface area contributed by atoms with Crippen molar-refractivity contribution in [3.05, 3.63) is 118 Å². The van der Waals surface area contributed by atoms with Crippen LogP contribution >= 0.6 is 45.1 Å². The Labute approximate surface area is 653 Å². The summed E-state index contributed by atoms with van der Waals surface area (Å²) in [7, 11) is -18.7. The molecule has 3 aliphatic heterocycles. The molecule has 7 rings (SSSR count). The fourth-order valence-corrected chi connectivity index (χ4v) is 19.0. The van der Waals surface area contributed by atoms with Gasteiger partial charge in [0.25, 0.3) is 10.1 Å². The summed E-state index contributed by atoms with van der Waals surface area (Å²) < 4.78 is 120. The Kier molecular flexibility index (Phi) is 35.2. The summed E-state index contributed by atoms with van der Waals surface area (Å²) in [5.41, 5.74) is 13.0. The number of phosphoric ester groups is 1. The molecule has 10 N–H and O–H groups in total. The lowest BCUT2D eigenvalue weighted by Gasteiger charge is -2.25. The average molecular weight is 1680 g/mol. The van der Waals surface area contributed by atoms with Crippen molar-refractivity contribution in [3.8, 4) is 11.8 Å². The van der Waals surface area contributed by atoms with Gasteiger partial charge in [0.1, 0.15) is 24.8 Å². The van der Waals surface area contributed by atoms with Crippen LogP contribution < -0.4 is 26.6 Å². The molecule has 2 aromatic carbocycles. The van der Waals surface area contributed by atoms with Gasteiger partial charge in [-0.2, -0.15) is 21.6 Å². The number of ketones is 1. The number of nitrogens with one attached hydrogen (secondary N) is 3. The number of hydrogen-bond donors (Lipinski definition) is 9. The molecule has 30 nitrogen and oxygen atoms in total. The standard InChI is InChI=1S/C71H102N7O23P3S5/c1-9-76-56-25-19-18-24-54(56)70(4,5)62(76)26-14-12-15-27-63-71(6,7)55-45-53(109(90,91)92)30-31-57(55)77(63)36-20-13-17-29-65(81)74-34-39-93-41-42-94-40-35-75-68(82)96-38-32-69(2,3)107-106-49-95-37-21-11-10-16-28-64(80)73-33-22-23-51-47-78(58-43-52(72)44-59(79)67(51)58)66-46-60(97-50-108(8)105)61(99-66)48-98-103(86,87)101-104(88,89)100-102(83,84)85/h12,14-15,18-19,24-27,30-31,43,45,47,60-61,66H,9-11,13,16-17,20-21,28-29,32-42,44,46,48-50H2,1-8H3,(H9-,72,73,74,75,79,80,81,82,83,84,85,86,87,88,89,90,91,92)/p+1/t60-,61-,66-,108?/m1/s1. The molecule has 0 radical (unpaired) electrons. The fraction of sp³-hybridized carbons (Fsp3) is 0.563. The number of likely N-dealkylation sites (N-methyl/N-ethyl adjacent to an activating group) is 1. The number of unbranched alkanes of at least 4 members (excludes halogenated alkanes) is 5. The Hall–Kier alpha value is -5.22. The van der Waals surface area contributed by atoms with Gasteiger partial charge in [0.15, 0.2) is 11.5 Å². The van der Waals surface area contributed by atoms with E-state index in [9.17, 15) is 55.6 Å². The largest absolute Gasteiger partial charge is 0.490 e. The summed E-state index contributed by atoms with van der Waals surface area (Å²) in [6.45, 7) is 18.2. The number of hydrogen-bond acceptors (Lipinski definition) is 23. The molecule has 1 aromatic heterocycles. The Morgan fingerprint density at radius 1 is 0.853 bits per heavy atom. The van der Waals surface area contributed by atoms with Crippen LogP contribution in [0.1, 0.15) is 164 Å². The SMILES string of the molecule is CCN1\C(=C/C=C/C=C/C2=[N+](CCCCCC(=O)NCCOCCOCCNC(=O)OCCC(C)(C)SSCOCCCCCCC(=O)NCC#Cc3cn([C@H]4C[C@@H](OCS(C)=S)[C@@H](COP(=O)(O)OP(=O)(O)OP(=O)(O)O)O4)c4c3C(=O)CC(N)=C4)c3ccc(S(=O)(=O)O)cc3C2(C)C)C(C)(C)c2ccccc21. The highest BCUT2D eigenvalue weighted by atomic mass is 33.1. The first-order valence-corrected chi connectivity index (χ1v) is 46.7. The van der Waals surface area contributed by atoms with Crippen LogP contribution in [0.2, 0.25) is 0 Å². The van der Waals surface area contributed by atoms with E-state index in [1.165, 1.54) is 23.0 Å². The predicted octanol–water partition coefficient (Wildman–Crippen LogP) is 10.6. The van der Waals surface area contributed by atoms with Crippen molar-refractivity contribution in [3.63, 3.8) is 0 Å². The number of aromatic nitrogens is 1. The van der Waals surface area contributed by atoms with Gasteiger partial charge in [0.05, 0.1) is 91.8 Å². The number of ether oxygens (including phenoxy) is 6. The second kappa shape index (κ2) is 42.2. The Bertz CT molecular complexity index is 4210. The van der Waals surface area contributed by atoms with Gasteiger partial charge in [0, 0.05) is 103 Å². The van der Waals surface area contributed by atoms with Crippen LogP contribution in [-0.4, -0.2) is 185 Å². The molecule has 4 aliphatic rings. The zero-order chi connectivity index (χ0) is 79.8. The number of nitrogens with zero attached hydrogens (tertiary/aromatic N) is 3. The Balaban J connectivity index is 0.684. The summed E-state index contributed by atoms with van der Waals surface area (Å²) in [4.78, 5) is 90.7. The van der Waals surface area contributed by atoms with Gasteiger partial charge in [-0.3, -0.25) is 23.5 Å². The van der Waals surface area contributed by atoms with Crippen LogP contribution in [0.5, 0.6) is 0 Å². The van der Waals surface area contributed by atoms with Crippen molar-refractivity contribution in [1.29, 1.82) is 0 Å². The van der Waals surface area contributed by atoms with Crippen molar-refractivity contribution in [2.75, 3.05) is 102 Å². The van der Waals surface area contributed by atoms with Crippen molar-refractivity contribution in [2.24, 2.45) is 5.73 Å².